The van der Waals surface area contributed by atoms with Crippen LogP contribution in [0.4, 0.5) is 0 Å². The number of nitrogens with one attached hydrogen (secondary N) is 1. The third kappa shape index (κ3) is 4.79. The van der Waals surface area contributed by atoms with Crippen molar-refractivity contribution in [2.45, 2.75) is 52.0 Å². The van der Waals surface area contributed by atoms with E-state index in [-0.39, 0.29) is 0 Å². The van der Waals surface area contributed by atoms with Crippen LogP contribution in [0.5, 0.6) is 0 Å². The fourth-order valence-corrected chi connectivity index (χ4v) is 1.92. The summed E-state index contributed by atoms with van der Waals surface area (Å²) in [4.78, 5) is 0. The lowest BCUT2D eigenvalue weighted by Crippen LogP contribution is -2.30. The second kappa shape index (κ2) is 7.44. The van der Waals surface area contributed by atoms with Crippen LogP contribution in [0.3, 0.4) is 0 Å². The molecule has 0 fully saturated rings. The van der Waals surface area contributed by atoms with Gasteiger partial charge in [0.2, 0.25) is 0 Å². The number of hydrogen-bond donors (Lipinski definition) is 1. The van der Waals surface area contributed by atoms with Gasteiger partial charge in [-0.15, -0.1) is 0 Å². The molecule has 0 aromatic carbocycles. The van der Waals surface area contributed by atoms with Gasteiger partial charge in [0, 0.05) is 19.3 Å². The van der Waals surface area contributed by atoms with Gasteiger partial charge in [0.15, 0.2) is 0 Å². The van der Waals surface area contributed by atoms with E-state index in [1.54, 1.807) is 0 Å². The highest BCUT2D eigenvalue weighted by molar-refractivity contribution is 5.03. The fourth-order valence-electron chi connectivity index (χ4n) is 1.92. The van der Waals surface area contributed by atoms with Crippen molar-refractivity contribution in [1.82, 2.24) is 15.1 Å². The zero-order valence-corrected chi connectivity index (χ0v) is 10.9. The number of hydrogen-bond acceptors (Lipinski definition) is 2. The maximum atomic E-state index is 4.17. The molecule has 1 atom stereocenters. The monoisotopic (exact) mass is 223 g/mol. The molecule has 3 heteroatoms. The summed E-state index contributed by atoms with van der Waals surface area (Å²) < 4.78 is 1.86. The first-order valence-corrected chi connectivity index (χ1v) is 6.47. The largest absolute Gasteiger partial charge is 0.314 e. The van der Waals surface area contributed by atoms with Crippen LogP contribution in [-0.4, -0.2) is 22.4 Å². The molecule has 0 amide bonds. The fraction of sp³-hybridized carbons (Fsp3) is 0.769. The van der Waals surface area contributed by atoms with Gasteiger partial charge in [-0.3, -0.25) is 4.68 Å². The predicted molar refractivity (Wildman–Crippen MR) is 68.5 cm³/mol. The van der Waals surface area contributed by atoms with Gasteiger partial charge in [-0.05, 0) is 31.4 Å². The number of aryl methyl sites for hydroxylation is 1. The van der Waals surface area contributed by atoms with Crippen LogP contribution in [0, 0.1) is 0 Å². The molecular weight excluding hydrogens is 198 g/mol. The van der Waals surface area contributed by atoms with E-state index >= 15 is 0 Å². The van der Waals surface area contributed by atoms with Crippen LogP contribution in [0.15, 0.2) is 12.4 Å². The summed E-state index contributed by atoms with van der Waals surface area (Å²) in [6.07, 6.45) is 10.3. The van der Waals surface area contributed by atoms with Crippen molar-refractivity contribution in [3.63, 3.8) is 0 Å². The summed E-state index contributed by atoms with van der Waals surface area (Å²) in [5, 5.41) is 7.80. The minimum absolute atomic E-state index is 0.691. The van der Waals surface area contributed by atoms with Crippen molar-refractivity contribution in [1.29, 1.82) is 0 Å². The maximum absolute atomic E-state index is 4.17. The molecule has 1 aromatic rings. The Morgan fingerprint density at radius 2 is 2.25 bits per heavy atom. The van der Waals surface area contributed by atoms with Crippen molar-refractivity contribution in [3.8, 4) is 0 Å². The molecule has 1 N–H and O–H groups in total. The Balaban J connectivity index is 2.17. The number of aromatic nitrogens is 2. The third-order valence-electron chi connectivity index (χ3n) is 3.00. The first kappa shape index (κ1) is 13.2. The zero-order valence-electron chi connectivity index (χ0n) is 10.9. The lowest BCUT2D eigenvalue weighted by atomic mass is 10.1. The summed E-state index contributed by atoms with van der Waals surface area (Å²) >= 11 is 0. The molecule has 0 saturated carbocycles. The molecule has 0 saturated heterocycles. The number of rotatable bonds is 8. The van der Waals surface area contributed by atoms with Gasteiger partial charge >= 0.3 is 0 Å². The van der Waals surface area contributed by atoms with Crippen LogP contribution in [0.25, 0.3) is 0 Å². The van der Waals surface area contributed by atoms with Crippen LogP contribution >= 0.6 is 0 Å². The quantitative estimate of drug-likeness (QED) is 0.734. The number of unbranched alkanes of at least 4 members (excludes halogenated alkanes) is 1. The van der Waals surface area contributed by atoms with Gasteiger partial charge in [0.25, 0.3) is 0 Å². The molecule has 0 aliphatic rings. The summed E-state index contributed by atoms with van der Waals surface area (Å²) in [5.74, 6) is 0. The van der Waals surface area contributed by atoms with Crippen molar-refractivity contribution < 1.29 is 0 Å². The molecule has 1 unspecified atom stereocenters. The first-order chi connectivity index (χ1) is 7.76. The molecule has 16 heavy (non-hydrogen) atoms. The van der Waals surface area contributed by atoms with E-state index in [2.05, 4.69) is 30.5 Å². The topological polar surface area (TPSA) is 29.9 Å². The van der Waals surface area contributed by atoms with Crippen molar-refractivity contribution in [2.75, 3.05) is 6.54 Å². The SMILES string of the molecule is CCCCC(CC)NCCc1cnn(C)c1. The molecule has 0 radical (unpaired) electrons. The van der Waals surface area contributed by atoms with Crippen molar-refractivity contribution in [2.24, 2.45) is 7.05 Å². The lowest BCUT2D eigenvalue weighted by Gasteiger charge is -2.16. The van der Waals surface area contributed by atoms with E-state index in [1.807, 2.05) is 17.9 Å². The Hall–Kier alpha value is -0.830. The van der Waals surface area contributed by atoms with Crippen molar-refractivity contribution in [3.05, 3.63) is 18.0 Å². The van der Waals surface area contributed by atoms with Gasteiger partial charge in [-0.1, -0.05) is 26.7 Å². The Bertz CT molecular complexity index is 280. The summed E-state index contributed by atoms with van der Waals surface area (Å²) in [6, 6.07) is 0.691. The summed E-state index contributed by atoms with van der Waals surface area (Å²) in [7, 11) is 1.97. The highest BCUT2D eigenvalue weighted by Crippen LogP contribution is 2.04. The average molecular weight is 223 g/mol. The van der Waals surface area contributed by atoms with E-state index in [4.69, 9.17) is 0 Å². The van der Waals surface area contributed by atoms with E-state index in [0.717, 1.165) is 13.0 Å². The predicted octanol–water partition coefficient (Wildman–Crippen LogP) is 2.52. The van der Waals surface area contributed by atoms with Crippen LogP contribution < -0.4 is 5.32 Å². The van der Waals surface area contributed by atoms with Crippen molar-refractivity contribution >= 4 is 0 Å². The Morgan fingerprint density at radius 3 is 2.81 bits per heavy atom. The van der Waals surface area contributed by atoms with Crippen LogP contribution in [0.1, 0.15) is 45.1 Å². The Labute approximate surface area is 99.2 Å². The molecular formula is C13H25N3. The van der Waals surface area contributed by atoms with E-state index in [1.165, 1.54) is 31.2 Å². The molecule has 3 nitrogen and oxygen atoms in total. The Morgan fingerprint density at radius 1 is 1.44 bits per heavy atom. The highest BCUT2D eigenvalue weighted by atomic mass is 15.2. The third-order valence-corrected chi connectivity index (χ3v) is 3.00. The zero-order chi connectivity index (χ0) is 11.8. The Kier molecular flexibility index (Phi) is 6.16. The van der Waals surface area contributed by atoms with Crippen LogP contribution in [0.2, 0.25) is 0 Å². The van der Waals surface area contributed by atoms with E-state index in [0.29, 0.717) is 6.04 Å². The normalized spacial score (nSPS) is 12.9. The minimum Gasteiger partial charge on any atom is -0.314 e. The standard InChI is InChI=1S/C13H25N3/c1-4-6-7-13(5-2)14-9-8-12-10-15-16(3)11-12/h10-11,13-14H,4-9H2,1-3H3. The summed E-state index contributed by atoms with van der Waals surface area (Å²) in [6.45, 7) is 5.58. The van der Waals surface area contributed by atoms with Crippen LogP contribution in [-0.2, 0) is 13.5 Å². The molecule has 1 rings (SSSR count). The number of nitrogens with zero attached hydrogens (tertiary/aromatic N) is 2. The summed E-state index contributed by atoms with van der Waals surface area (Å²) in [5.41, 5.74) is 1.32. The molecule has 1 aromatic heterocycles. The first-order valence-electron chi connectivity index (χ1n) is 6.47. The van der Waals surface area contributed by atoms with Gasteiger partial charge < -0.3 is 5.32 Å². The average Bonchev–Trinajstić information content (AvgIpc) is 2.69. The van der Waals surface area contributed by atoms with Gasteiger partial charge in [0.05, 0.1) is 6.20 Å². The molecule has 0 bridgehead atoms. The highest BCUT2D eigenvalue weighted by Gasteiger charge is 2.04. The smallest absolute Gasteiger partial charge is 0.0522 e. The second-order valence-corrected chi connectivity index (χ2v) is 4.47. The van der Waals surface area contributed by atoms with Gasteiger partial charge in [-0.2, -0.15) is 5.10 Å². The van der Waals surface area contributed by atoms with E-state index in [9.17, 15) is 0 Å². The second-order valence-electron chi connectivity index (χ2n) is 4.47. The maximum Gasteiger partial charge on any atom is 0.0522 e. The van der Waals surface area contributed by atoms with E-state index < -0.39 is 0 Å². The van der Waals surface area contributed by atoms with Gasteiger partial charge in [-0.25, -0.2) is 0 Å². The molecule has 92 valence electrons. The molecule has 0 spiro atoms. The lowest BCUT2D eigenvalue weighted by molar-refractivity contribution is 0.456. The molecule has 1 heterocycles. The molecule has 0 aliphatic carbocycles. The van der Waals surface area contributed by atoms with Gasteiger partial charge in [0.1, 0.15) is 0 Å². The molecule has 0 aliphatic heterocycles. The minimum atomic E-state index is 0.691.